The number of halogens is 1. The van der Waals surface area contributed by atoms with Crippen molar-refractivity contribution in [1.82, 2.24) is 0 Å². The van der Waals surface area contributed by atoms with Crippen LogP contribution in [0.25, 0.3) is 0 Å². The Morgan fingerprint density at radius 3 is 2.45 bits per heavy atom. The molecule has 0 radical (unpaired) electrons. The van der Waals surface area contributed by atoms with Crippen molar-refractivity contribution in [3.63, 3.8) is 0 Å². The van der Waals surface area contributed by atoms with E-state index in [0.29, 0.717) is 16.3 Å². The number of ketones is 1. The Hall–Kier alpha value is -1.80. The monoisotopic (exact) mass is 288 g/mol. The van der Waals surface area contributed by atoms with Gasteiger partial charge in [-0.05, 0) is 42.7 Å². The van der Waals surface area contributed by atoms with Crippen LogP contribution in [-0.2, 0) is 6.42 Å². The highest BCUT2D eigenvalue weighted by Gasteiger charge is 2.08. The van der Waals surface area contributed by atoms with Crippen molar-refractivity contribution in [3.8, 4) is 5.75 Å². The van der Waals surface area contributed by atoms with Crippen molar-refractivity contribution in [2.75, 3.05) is 6.61 Å². The predicted molar refractivity (Wildman–Crippen MR) is 81.8 cm³/mol. The first kappa shape index (κ1) is 14.6. The van der Waals surface area contributed by atoms with E-state index in [1.807, 2.05) is 37.3 Å². The number of benzene rings is 2. The number of hydrogen-bond donors (Lipinski definition) is 0. The number of carbonyl (C=O) groups excluding carboxylic acids is 1. The molecule has 0 aliphatic heterocycles. The highest BCUT2D eigenvalue weighted by molar-refractivity contribution is 6.30. The lowest BCUT2D eigenvalue weighted by molar-refractivity contribution is 0.0921. The van der Waals surface area contributed by atoms with Gasteiger partial charge in [-0.15, -0.1) is 0 Å². The minimum Gasteiger partial charge on any atom is -0.485 e. The van der Waals surface area contributed by atoms with E-state index in [0.717, 1.165) is 12.0 Å². The van der Waals surface area contributed by atoms with Crippen LogP contribution in [0.4, 0.5) is 0 Å². The zero-order valence-electron chi connectivity index (χ0n) is 11.7. The molecule has 0 bridgehead atoms. The van der Waals surface area contributed by atoms with Gasteiger partial charge in [-0.3, -0.25) is 4.79 Å². The van der Waals surface area contributed by atoms with Gasteiger partial charge in [-0.1, -0.05) is 42.8 Å². The van der Waals surface area contributed by atoms with E-state index in [1.165, 1.54) is 5.56 Å². The second-order valence-electron chi connectivity index (χ2n) is 4.67. The molecular formula is C17H17ClO2. The van der Waals surface area contributed by atoms with E-state index in [1.54, 1.807) is 12.1 Å². The lowest BCUT2D eigenvalue weighted by Crippen LogP contribution is -2.12. The number of rotatable bonds is 5. The van der Waals surface area contributed by atoms with Crippen LogP contribution < -0.4 is 4.74 Å². The number of ether oxygens (including phenoxy) is 1. The summed E-state index contributed by atoms with van der Waals surface area (Å²) in [5, 5.41) is 0.663. The van der Waals surface area contributed by atoms with Crippen molar-refractivity contribution < 1.29 is 9.53 Å². The molecule has 0 N–H and O–H groups in total. The average Bonchev–Trinajstić information content (AvgIpc) is 2.46. The van der Waals surface area contributed by atoms with Crippen molar-refractivity contribution in [1.29, 1.82) is 0 Å². The summed E-state index contributed by atoms with van der Waals surface area (Å²) in [6.45, 7) is 4.03. The van der Waals surface area contributed by atoms with E-state index in [4.69, 9.17) is 16.3 Å². The minimum atomic E-state index is -0.0259. The van der Waals surface area contributed by atoms with Gasteiger partial charge in [0.05, 0.1) is 0 Å². The van der Waals surface area contributed by atoms with Gasteiger partial charge in [-0.25, -0.2) is 0 Å². The molecular weight excluding hydrogens is 272 g/mol. The van der Waals surface area contributed by atoms with Gasteiger partial charge in [0.2, 0.25) is 0 Å². The summed E-state index contributed by atoms with van der Waals surface area (Å²) in [7, 11) is 0. The van der Waals surface area contributed by atoms with E-state index in [2.05, 4.69) is 6.92 Å². The Morgan fingerprint density at radius 2 is 1.85 bits per heavy atom. The summed E-state index contributed by atoms with van der Waals surface area (Å²) in [6.07, 6.45) is 0.967. The minimum absolute atomic E-state index is 0.0259. The fourth-order valence-corrected chi connectivity index (χ4v) is 2.15. The zero-order valence-corrected chi connectivity index (χ0v) is 12.4. The Morgan fingerprint density at radius 1 is 1.15 bits per heavy atom. The maximum atomic E-state index is 12.0. The van der Waals surface area contributed by atoms with Crippen LogP contribution in [0.2, 0.25) is 5.02 Å². The quantitative estimate of drug-likeness (QED) is 0.759. The summed E-state index contributed by atoms with van der Waals surface area (Å²) in [6, 6.07) is 13.0. The number of carbonyl (C=O) groups is 1. The van der Waals surface area contributed by atoms with Gasteiger partial charge in [0.15, 0.2) is 12.4 Å². The van der Waals surface area contributed by atoms with E-state index in [-0.39, 0.29) is 12.4 Å². The standard InChI is InChI=1S/C17H17ClO2/c1-3-13-4-6-14(7-5-13)16(19)11-20-17-9-8-15(18)10-12(17)2/h4-10H,3,11H2,1-2H3. The molecule has 0 spiro atoms. The van der Waals surface area contributed by atoms with Crippen LogP contribution in [0, 0.1) is 6.92 Å². The maximum Gasteiger partial charge on any atom is 0.200 e. The average molecular weight is 289 g/mol. The van der Waals surface area contributed by atoms with E-state index < -0.39 is 0 Å². The van der Waals surface area contributed by atoms with E-state index >= 15 is 0 Å². The molecule has 2 aromatic carbocycles. The molecule has 0 aliphatic rings. The van der Waals surface area contributed by atoms with Gasteiger partial charge in [0.1, 0.15) is 5.75 Å². The van der Waals surface area contributed by atoms with Gasteiger partial charge in [0.25, 0.3) is 0 Å². The fraction of sp³-hybridized carbons (Fsp3) is 0.235. The predicted octanol–water partition coefficient (Wildman–Crippen LogP) is 4.47. The third-order valence-electron chi connectivity index (χ3n) is 3.18. The molecule has 0 atom stereocenters. The molecule has 2 aromatic rings. The maximum absolute atomic E-state index is 12.0. The number of Topliss-reactive ketones (excluding diaryl/α,β-unsaturated/α-hetero) is 1. The molecule has 0 saturated heterocycles. The van der Waals surface area contributed by atoms with Crippen molar-refractivity contribution in [2.24, 2.45) is 0 Å². The van der Waals surface area contributed by atoms with Gasteiger partial charge in [0, 0.05) is 10.6 Å². The molecule has 0 aromatic heterocycles. The van der Waals surface area contributed by atoms with Crippen molar-refractivity contribution >= 4 is 17.4 Å². The Kier molecular flexibility index (Phi) is 4.80. The first-order chi connectivity index (χ1) is 9.60. The Labute approximate surface area is 124 Å². The van der Waals surface area contributed by atoms with Crippen molar-refractivity contribution in [3.05, 3.63) is 64.2 Å². The second-order valence-corrected chi connectivity index (χ2v) is 5.11. The Bertz CT molecular complexity index is 603. The SMILES string of the molecule is CCc1ccc(C(=O)COc2ccc(Cl)cc2C)cc1. The molecule has 20 heavy (non-hydrogen) atoms. The third kappa shape index (κ3) is 3.61. The molecule has 0 heterocycles. The topological polar surface area (TPSA) is 26.3 Å². The van der Waals surface area contributed by atoms with Crippen LogP contribution in [0.1, 0.15) is 28.4 Å². The van der Waals surface area contributed by atoms with Crippen LogP contribution in [0.3, 0.4) is 0 Å². The molecule has 0 aliphatic carbocycles. The highest BCUT2D eigenvalue weighted by atomic mass is 35.5. The molecule has 0 unspecified atom stereocenters. The summed E-state index contributed by atoms with van der Waals surface area (Å²) in [5.41, 5.74) is 2.82. The van der Waals surface area contributed by atoms with Crippen LogP contribution >= 0.6 is 11.6 Å². The molecule has 0 fully saturated rings. The summed E-state index contributed by atoms with van der Waals surface area (Å²) in [5.74, 6) is 0.662. The molecule has 0 saturated carbocycles. The van der Waals surface area contributed by atoms with Crippen LogP contribution in [0.15, 0.2) is 42.5 Å². The van der Waals surface area contributed by atoms with Gasteiger partial charge >= 0.3 is 0 Å². The largest absolute Gasteiger partial charge is 0.485 e. The normalized spacial score (nSPS) is 10.3. The summed E-state index contributed by atoms with van der Waals surface area (Å²) in [4.78, 5) is 12.0. The Balaban J connectivity index is 2.00. The lowest BCUT2D eigenvalue weighted by Gasteiger charge is -2.09. The van der Waals surface area contributed by atoms with Gasteiger partial charge in [-0.2, -0.15) is 0 Å². The second kappa shape index (κ2) is 6.58. The number of aryl methyl sites for hydroxylation is 2. The summed E-state index contributed by atoms with van der Waals surface area (Å²) >= 11 is 5.88. The molecule has 104 valence electrons. The third-order valence-corrected chi connectivity index (χ3v) is 3.42. The highest BCUT2D eigenvalue weighted by Crippen LogP contribution is 2.22. The molecule has 0 amide bonds. The van der Waals surface area contributed by atoms with Crippen LogP contribution in [0.5, 0.6) is 5.75 Å². The zero-order chi connectivity index (χ0) is 14.5. The first-order valence-corrected chi connectivity index (χ1v) is 6.99. The number of hydrogen-bond acceptors (Lipinski definition) is 2. The lowest BCUT2D eigenvalue weighted by atomic mass is 10.1. The van der Waals surface area contributed by atoms with Crippen LogP contribution in [-0.4, -0.2) is 12.4 Å². The molecule has 3 heteroatoms. The first-order valence-electron chi connectivity index (χ1n) is 6.61. The molecule has 2 nitrogen and oxygen atoms in total. The van der Waals surface area contributed by atoms with Gasteiger partial charge < -0.3 is 4.74 Å². The van der Waals surface area contributed by atoms with Crippen molar-refractivity contribution in [2.45, 2.75) is 20.3 Å². The molecule has 2 rings (SSSR count). The summed E-state index contributed by atoms with van der Waals surface area (Å²) < 4.78 is 5.56. The smallest absolute Gasteiger partial charge is 0.200 e. The van der Waals surface area contributed by atoms with E-state index in [9.17, 15) is 4.79 Å². The fourth-order valence-electron chi connectivity index (χ4n) is 1.93.